The summed E-state index contributed by atoms with van der Waals surface area (Å²) >= 11 is 0. The molecule has 0 unspecified atom stereocenters. The van der Waals surface area contributed by atoms with Gasteiger partial charge < -0.3 is 10.6 Å². The molecule has 0 aromatic heterocycles. The molecule has 13 heavy (non-hydrogen) atoms. The van der Waals surface area contributed by atoms with Gasteiger partial charge in [-0.1, -0.05) is 24.3 Å². The van der Waals surface area contributed by atoms with E-state index in [1.807, 2.05) is 32.2 Å². The molecule has 0 fully saturated rings. The zero-order valence-electron chi connectivity index (χ0n) is 8.22. The highest BCUT2D eigenvalue weighted by atomic mass is 14.9. The van der Waals surface area contributed by atoms with Crippen LogP contribution in [0.2, 0.25) is 0 Å². The van der Waals surface area contributed by atoms with Gasteiger partial charge in [-0.05, 0) is 19.1 Å². The van der Waals surface area contributed by atoms with Crippen LogP contribution >= 0.6 is 0 Å². The standard InChI is InChI=1S/C11H16N2/c1-9(2)8-13-11-7-5-4-6-10(11)12-3/h4-7,12-13H,1,8H2,2-3H3. The Hall–Kier alpha value is -1.44. The highest BCUT2D eigenvalue weighted by Crippen LogP contribution is 2.19. The van der Waals surface area contributed by atoms with Gasteiger partial charge in [-0.15, -0.1) is 0 Å². The number of anilines is 2. The smallest absolute Gasteiger partial charge is 0.0578 e. The molecule has 0 bridgehead atoms. The van der Waals surface area contributed by atoms with Crippen molar-refractivity contribution in [2.75, 3.05) is 24.2 Å². The van der Waals surface area contributed by atoms with E-state index >= 15 is 0 Å². The lowest BCUT2D eigenvalue weighted by molar-refractivity contribution is 1.21. The van der Waals surface area contributed by atoms with E-state index in [0.29, 0.717) is 0 Å². The average Bonchev–Trinajstić information content (AvgIpc) is 2.15. The van der Waals surface area contributed by atoms with E-state index in [-0.39, 0.29) is 0 Å². The van der Waals surface area contributed by atoms with Gasteiger partial charge >= 0.3 is 0 Å². The Morgan fingerprint density at radius 3 is 2.46 bits per heavy atom. The van der Waals surface area contributed by atoms with E-state index in [1.54, 1.807) is 0 Å². The molecule has 1 aromatic carbocycles. The Kier molecular flexibility index (Phi) is 3.38. The van der Waals surface area contributed by atoms with Gasteiger partial charge in [-0.25, -0.2) is 0 Å². The maximum Gasteiger partial charge on any atom is 0.0578 e. The quantitative estimate of drug-likeness (QED) is 0.689. The fourth-order valence-electron chi connectivity index (χ4n) is 1.10. The Labute approximate surface area is 79.7 Å². The molecule has 0 saturated heterocycles. The van der Waals surface area contributed by atoms with Crippen LogP contribution in [0.25, 0.3) is 0 Å². The number of hydrogen-bond acceptors (Lipinski definition) is 2. The summed E-state index contributed by atoms with van der Waals surface area (Å²) in [5, 5.41) is 6.43. The van der Waals surface area contributed by atoms with Crippen LogP contribution in [0.1, 0.15) is 6.92 Å². The minimum atomic E-state index is 0.818. The maximum absolute atomic E-state index is 3.84. The summed E-state index contributed by atoms with van der Waals surface area (Å²) in [6.07, 6.45) is 0. The lowest BCUT2D eigenvalue weighted by Gasteiger charge is -2.10. The maximum atomic E-state index is 3.84. The average molecular weight is 176 g/mol. The van der Waals surface area contributed by atoms with Gasteiger partial charge in [-0.3, -0.25) is 0 Å². The summed E-state index contributed by atoms with van der Waals surface area (Å²) in [7, 11) is 1.92. The van der Waals surface area contributed by atoms with Crippen molar-refractivity contribution in [2.45, 2.75) is 6.92 Å². The van der Waals surface area contributed by atoms with E-state index in [2.05, 4.69) is 23.3 Å². The molecule has 0 heterocycles. The van der Waals surface area contributed by atoms with E-state index < -0.39 is 0 Å². The first-order chi connectivity index (χ1) is 6.24. The fourth-order valence-corrected chi connectivity index (χ4v) is 1.10. The molecule has 70 valence electrons. The molecular weight excluding hydrogens is 160 g/mol. The molecule has 0 radical (unpaired) electrons. The molecule has 0 atom stereocenters. The summed E-state index contributed by atoms with van der Waals surface area (Å²) in [5.41, 5.74) is 3.36. The SMILES string of the molecule is C=C(C)CNc1ccccc1NC. The van der Waals surface area contributed by atoms with Crippen LogP contribution in [0.3, 0.4) is 0 Å². The number of nitrogens with one attached hydrogen (secondary N) is 2. The van der Waals surface area contributed by atoms with Crippen molar-refractivity contribution < 1.29 is 0 Å². The third kappa shape index (κ3) is 2.82. The lowest BCUT2D eigenvalue weighted by Crippen LogP contribution is -2.04. The summed E-state index contributed by atoms with van der Waals surface area (Å²) in [4.78, 5) is 0. The Bertz CT molecular complexity index is 292. The van der Waals surface area contributed by atoms with Crippen molar-refractivity contribution in [1.29, 1.82) is 0 Å². The van der Waals surface area contributed by atoms with E-state index in [0.717, 1.165) is 23.5 Å². The second kappa shape index (κ2) is 4.55. The van der Waals surface area contributed by atoms with Crippen LogP contribution in [-0.4, -0.2) is 13.6 Å². The lowest BCUT2D eigenvalue weighted by atomic mass is 10.2. The second-order valence-corrected chi connectivity index (χ2v) is 3.11. The van der Waals surface area contributed by atoms with Crippen molar-refractivity contribution in [1.82, 2.24) is 0 Å². The molecule has 2 N–H and O–H groups in total. The van der Waals surface area contributed by atoms with E-state index in [1.165, 1.54) is 0 Å². The predicted octanol–water partition coefficient (Wildman–Crippen LogP) is 2.72. The van der Waals surface area contributed by atoms with Gasteiger partial charge in [0.1, 0.15) is 0 Å². The third-order valence-electron chi connectivity index (χ3n) is 1.78. The minimum Gasteiger partial charge on any atom is -0.386 e. The van der Waals surface area contributed by atoms with Crippen LogP contribution in [-0.2, 0) is 0 Å². The zero-order valence-corrected chi connectivity index (χ0v) is 8.22. The van der Waals surface area contributed by atoms with E-state index in [4.69, 9.17) is 0 Å². The molecular formula is C11H16N2. The number of para-hydroxylation sites is 2. The monoisotopic (exact) mass is 176 g/mol. The molecule has 0 aliphatic rings. The van der Waals surface area contributed by atoms with Crippen molar-refractivity contribution in [3.05, 3.63) is 36.4 Å². The highest BCUT2D eigenvalue weighted by molar-refractivity contribution is 5.68. The molecule has 2 heteroatoms. The van der Waals surface area contributed by atoms with Crippen LogP contribution in [0.4, 0.5) is 11.4 Å². The molecule has 1 rings (SSSR count). The topological polar surface area (TPSA) is 24.1 Å². The molecule has 2 nitrogen and oxygen atoms in total. The number of hydrogen-bond donors (Lipinski definition) is 2. The summed E-state index contributed by atoms with van der Waals surface area (Å²) in [6, 6.07) is 8.12. The first-order valence-electron chi connectivity index (χ1n) is 4.39. The predicted molar refractivity (Wildman–Crippen MR) is 59.3 cm³/mol. The Morgan fingerprint density at radius 2 is 1.92 bits per heavy atom. The van der Waals surface area contributed by atoms with Crippen LogP contribution < -0.4 is 10.6 Å². The second-order valence-electron chi connectivity index (χ2n) is 3.11. The van der Waals surface area contributed by atoms with Crippen molar-refractivity contribution in [3.63, 3.8) is 0 Å². The largest absolute Gasteiger partial charge is 0.386 e. The highest BCUT2D eigenvalue weighted by Gasteiger charge is 1.96. The first kappa shape index (κ1) is 9.65. The van der Waals surface area contributed by atoms with Crippen LogP contribution in [0.5, 0.6) is 0 Å². The molecule has 0 amide bonds. The Morgan fingerprint density at radius 1 is 1.31 bits per heavy atom. The zero-order chi connectivity index (χ0) is 9.68. The van der Waals surface area contributed by atoms with E-state index in [9.17, 15) is 0 Å². The van der Waals surface area contributed by atoms with Gasteiger partial charge in [0.2, 0.25) is 0 Å². The van der Waals surface area contributed by atoms with Crippen molar-refractivity contribution >= 4 is 11.4 Å². The summed E-state index contributed by atoms with van der Waals surface area (Å²) < 4.78 is 0. The van der Waals surface area contributed by atoms with Crippen molar-refractivity contribution in [2.24, 2.45) is 0 Å². The van der Waals surface area contributed by atoms with Crippen molar-refractivity contribution in [3.8, 4) is 0 Å². The van der Waals surface area contributed by atoms with Gasteiger partial charge in [-0.2, -0.15) is 0 Å². The summed E-state index contributed by atoms with van der Waals surface area (Å²) in [6.45, 7) is 6.67. The number of rotatable bonds is 4. The molecule has 1 aromatic rings. The van der Waals surface area contributed by atoms with Gasteiger partial charge in [0.05, 0.1) is 11.4 Å². The van der Waals surface area contributed by atoms with Crippen LogP contribution in [0, 0.1) is 0 Å². The van der Waals surface area contributed by atoms with Crippen LogP contribution in [0.15, 0.2) is 36.4 Å². The molecule has 0 saturated carbocycles. The first-order valence-corrected chi connectivity index (χ1v) is 4.39. The fraction of sp³-hybridized carbons (Fsp3) is 0.273. The Balaban J connectivity index is 2.69. The third-order valence-corrected chi connectivity index (χ3v) is 1.78. The molecule has 0 aliphatic carbocycles. The molecule has 0 aliphatic heterocycles. The van der Waals surface area contributed by atoms with Gasteiger partial charge in [0, 0.05) is 13.6 Å². The van der Waals surface area contributed by atoms with Gasteiger partial charge in [0.25, 0.3) is 0 Å². The minimum absolute atomic E-state index is 0.818. The summed E-state index contributed by atoms with van der Waals surface area (Å²) in [5.74, 6) is 0. The molecule has 0 spiro atoms. The number of benzene rings is 1. The normalized spacial score (nSPS) is 9.38. The van der Waals surface area contributed by atoms with Gasteiger partial charge in [0.15, 0.2) is 0 Å².